The highest BCUT2D eigenvalue weighted by molar-refractivity contribution is 6.01. The predicted molar refractivity (Wildman–Crippen MR) is 90.6 cm³/mol. The molecule has 7 heteroatoms. The monoisotopic (exact) mass is 346 g/mol. The third-order valence-corrected chi connectivity index (χ3v) is 4.92. The van der Waals surface area contributed by atoms with Crippen molar-refractivity contribution in [1.82, 2.24) is 4.90 Å². The van der Waals surface area contributed by atoms with Crippen LogP contribution < -0.4 is 9.64 Å². The molecule has 2 unspecified atom stereocenters. The molecule has 1 aromatic carbocycles. The van der Waals surface area contributed by atoms with E-state index >= 15 is 0 Å². The lowest BCUT2D eigenvalue weighted by Crippen LogP contribution is -2.44. The summed E-state index contributed by atoms with van der Waals surface area (Å²) < 4.78 is 5.34. The standard InChI is InChI=1S/C18H22N2O5/c1-11-5-6-15(25-2)14(8-11)20-10-12(9-16(20)21)17(22)19-7-3-4-13(19)18(23)24/h5-6,8,12-13H,3-4,7,9-10H2,1-2H3,(H,23,24). The van der Waals surface area contributed by atoms with E-state index in [0.29, 0.717) is 30.8 Å². The van der Waals surface area contributed by atoms with Gasteiger partial charge in [0.05, 0.1) is 18.7 Å². The van der Waals surface area contributed by atoms with E-state index in [1.807, 2.05) is 19.1 Å². The van der Waals surface area contributed by atoms with Crippen LogP contribution in [0.2, 0.25) is 0 Å². The lowest BCUT2D eigenvalue weighted by atomic mass is 10.1. The number of carbonyl (C=O) groups is 3. The highest BCUT2D eigenvalue weighted by atomic mass is 16.5. The van der Waals surface area contributed by atoms with Crippen molar-refractivity contribution in [3.8, 4) is 5.75 Å². The first-order chi connectivity index (χ1) is 11.9. The zero-order chi connectivity index (χ0) is 18.1. The van der Waals surface area contributed by atoms with Gasteiger partial charge in [0.2, 0.25) is 11.8 Å². The van der Waals surface area contributed by atoms with Gasteiger partial charge >= 0.3 is 5.97 Å². The zero-order valence-electron chi connectivity index (χ0n) is 14.4. The Balaban J connectivity index is 1.80. The molecule has 134 valence electrons. The number of aryl methyl sites for hydroxylation is 1. The molecule has 0 radical (unpaired) electrons. The van der Waals surface area contributed by atoms with Crippen LogP contribution in [0.25, 0.3) is 0 Å². The average molecular weight is 346 g/mol. The second-order valence-corrected chi connectivity index (χ2v) is 6.61. The number of carboxylic acids is 1. The van der Waals surface area contributed by atoms with Crippen molar-refractivity contribution in [3.05, 3.63) is 23.8 Å². The van der Waals surface area contributed by atoms with Crippen LogP contribution in [0.5, 0.6) is 5.75 Å². The van der Waals surface area contributed by atoms with E-state index in [2.05, 4.69) is 0 Å². The molecule has 0 aromatic heterocycles. The van der Waals surface area contributed by atoms with Gasteiger partial charge in [0.1, 0.15) is 11.8 Å². The molecule has 2 fully saturated rings. The van der Waals surface area contributed by atoms with Crippen LogP contribution in [-0.4, -0.2) is 54.0 Å². The summed E-state index contributed by atoms with van der Waals surface area (Å²) in [6.45, 7) is 2.61. The zero-order valence-corrected chi connectivity index (χ0v) is 14.4. The molecule has 3 rings (SSSR count). The van der Waals surface area contributed by atoms with Crippen LogP contribution in [0.4, 0.5) is 5.69 Å². The molecule has 0 spiro atoms. The van der Waals surface area contributed by atoms with Crippen molar-refractivity contribution >= 4 is 23.5 Å². The van der Waals surface area contributed by atoms with E-state index in [9.17, 15) is 19.5 Å². The third-order valence-electron chi connectivity index (χ3n) is 4.92. The van der Waals surface area contributed by atoms with E-state index in [1.165, 1.54) is 4.90 Å². The van der Waals surface area contributed by atoms with E-state index in [4.69, 9.17) is 4.74 Å². The minimum absolute atomic E-state index is 0.0960. The normalized spacial score (nSPS) is 23.2. The first-order valence-corrected chi connectivity index (χ1v) is 8.40. The molecular weight excluding hydrogens is 324 g/mol. The van der Waals surface area contributed by atoms with Gasteiger partial charge in [0, 0.05) is 19.5 Å². The Labute approximate surface area is 146 Å². The molecule has 0 saturated carbocycles. The number of aliphatic carboxylic acids is 1. The largest absolute Gasteiger partial charge is 0.495 e. The number of carbonyl (C=O) groups excluding carboxylic acids is 2. The number of amides is 2. The van der Waals surface area contributed by atoms with Gasteiger partial charge in [0.25, 0.3) is 0 Å². The van der Waals surface area contributed by atoms with Crippen molar-refractivity contribution < 1.29 is 24.2 Å². The highest BCUT2D eigenvalue weighted by Crippen LogP contribution is 2.35. The number of anilines is 1. The van der Waals surface area contributed by atoms with Crippen molar-refractivity contribution in [2.45, 2.75) is 32.2 Å². The maximum Gasteiger partial charge on any atom is 0.326 e. The quantitative estimate of drug-likeness (QED) is 0.891. The Hall–Kier alpha value is -2.57. The van der Waals surface area contributed by atoms with Crippen LogP contribution in [0.3, 0.4) is 0 Å². The number of hydrogen-bond acceptors (Lipinski definition) is 4. The van der Waals surface area contributed by atoms with Crippen LogP contribution >= 0.6 is 0 Å². The van der Waals surface area contributed by atoms with Gasteiger partial charge in [0.15, 0.2) is 0 Å². The molecule has 2 aliphatic heterocycles. The summed E-state index contributed by atoms with van der Waals surface area (Å²) in [6.07, 6.45) is 1.24. The average Bonchev–Trinajstić information content (AvgIpc) is 3.21. The number of hydrogen-bond donors (Lipinski definition) is 1. The minimum atomic E-state index is -0.979. The van der Waals surface area contributed by atoms with Crippen LogP contribution in [0.1, 0.15) is 24.8 Å². The number of likely N-dealkylation sites (tertiary alicyclic amines) is 1. The maximum atomic E-state index is 12.8. The lowest BCUT2D eigenvalue weighted by Gasteiger charge is -2.25. The van der Waals surface area contributed by atoms with Gasteiger partial charge < -0.3 is 19.6 Å². The van der Waals surface area contributed by atoms with Gasteiger partial charge in [-0.2, -0.15) is 0 Å². The summed E-state index contributed by atoms with van der Waals surface area (Å²) in [6, 6.07) is 4.78. The van der Waals surface area contributed by atoms with Gasteiger partial charge in [-0.1, -0.05) is 6.07 Å². The molecule has 0 aliphatic carbocycles. The Morgan fingerprint density at radius 2 is 2.08 bits per heavy atom. The molecule has 7 nitrogen and oxygen atoms in total. The number of rotatable bonds is 4. The SMILES string of the molecule is COc1ccc(C)cc1N1CC(C(=O)N2CCCC2C(=O)O)CC1=O. The second-order valence-electron chi connectivity index (χ2n) is 6.61. The minimum Gasteiger partial charge on any atom is -0.495 e. The van der Waals surface area contributed by atoms with Crippen molar-refractivity contribution in [1.29, 1.82) is 0 Å². The number of ether oxygens (including phenoxy) is 1. The van der Waals surface area contributed by atoms with Gasteiger partial charge in [-0.3, -0.25) is 9.59 Å². The molecule has 2 amide bonds. The predicted octanol–water partition coefficient (Wildman–Crippen LogP) is 1.43. The Kier molecular flexibility index (Phi) is 4.65. The molecule has 1 N–H and O–H groups in total. The molecule has 2 atom stereocenters. The fourth-order valence-electron chi connectivity index (χ4n) is 3.64. The Morgan fingerprint density at radius 1 is 1.32 bits per heavy atom. The number of carboxylic acid groups (broad SMARTS) is 1. The van der Waals surface area contributed by atoms with Gasteiger partial charge in [-0.15, -0.1) is 0 Å². The lowest BCUT2D eigenvalue weighted by molar-refractivity contribution is -0.149. The molecule has 2 saturated heterocycles. The summed E-state index contributed by atoms with van der Waals surface area (Å²) in [5.74, 6) is -1.30. The molecule has 2 heterocycles. The molecular formula is C18H22N2O5. The van der Waals surface area contributed by atoms with Crippen LogP contribution in [0, 0.1) is 12.8 Å². The van der Waals surface area contributed by atoms with Gasteiger partial charge in [-0.05, 0) is 37.5 Å². The fraction of sp³-hybridized carbons (Fsp3) is 0.500. The van der Waals surface area contributed by atoms with Crippen molar-refractivity contribution in [3.63, 3.8) is 0 Å². The molecule has 0 bridgehead atoms. The maximum absolute atomic E-state index is 12.8. The smallest absolute Gasteiger partial charge is 0.326 e. The summed E-state index contributed by atoms with van der Waals surface area (Å²) in [7, 11) is 1.54. The third kappa shape index (κ3) is 3.18. The van der Waals surface area contributed by atoms with E-state index < -0.39 is 17.9 Å². The molecule has 1 aromatic rings. The highest BCUT2D eigenvalue weighted by Gasteiger charge is 2.42. The number of methoxy groups -OCH3 is 1. The van der Waals surface area contributed by atoms with Crippen LogP contribution in [-0.2, 0) is 14.4 Å². The van der Waals surface area contributed by atoms with Gasteiger partial charge in [-0.25, -0.2) is 4.79 Å². The molecule has 25 heavy (non-hydrogen) atoms. The summed E-state index contributed by atoms with van der Waals surface area (Å²) in [4.78, 5) is 39.5. The van der Waals surface area contributed by atoms with Crippen LogP contribution in [0.15, 0.2) is 18.2 Å². The fourth-order valence-corrected chi connectivity index (χ4v) is 3.64. The summed E-state index contributed by atoms with van der Waals surface area (Å²) in [5.41, 5.74) is 1.64. The first-order valence-electron chi connectivity index (χ1n) is 8.40. The molecule has 2 aliphatic rings. The Bertz CT molecular complexity index is 717. The second kappa shape index (κ2) is 6.74. The first kappa shape index (κ1) is 17.3. The van der Waals surface area contributed by atoms with Crippen molar-refractivity contribution in [2.75, 3.05) is 25.1 Å². The van der Waals surface area contributed by atoms with E-state index in [-0.39, 0.29) is 24.8 Å². The van der Waals surface area contributed by atoms with Crippen molar-refractivity contribution in [2.24, 2.45) is 5.92 Å². The topological polar surface area (TPSA) is 87.2 Å². The summed E-state index contributed by atoms with van der Waals surface area (Å²) in [5, 5.41) is 9.27. The summed E-state index contributed by atoms with van der Waals surface area (Å²) >= 11 is 0. The number of nitrogens with zero attached hydrogens (tertiary/aromatic N) is 2. The van der Waals surface area contributed by atoms with E-state index in [0.717, 1.165) is 5.56 Å². The Morgan fingerprint density at radius 3 is 2.76 bits per heavy atom. The number of benzene rings is 1. The van der Waals surface area contributed by atoms with E-state index in [1.54, 1.807) is 18.1 Å².